The van der Waals surface area contributed by atoms with Gasteiger partial charge in [-0.3, -0.25) is 0 Å². The molecule has 0 saturated carbocycles. The third-order valence-corrected chi connectivity index (χ3v) is 1.96. The van der Waals surface area contributed by atoms with Crippen molar-refractivity contribution < 1.29 is 5.11 Å². The van der Waals surface area contributed by atoms with E-state index in [0.29, 0.717) is 6.42 Å². The molecule has 1 nitrogen and oxygen atoms in total. The topological polar surface area (TPSA) is 20.2 Å². The fourth-order valence-corrected chi connectivity index (χ4v) is 1.13. The Hall–Kier alpha value is -0.820. The van der Waals surface area contributed by atoms with Gasteiger partial charge in [-0.05, 0) is 19.3 Å². The highest BCUT2D eigenvalue weighted by molar-refractivity contribution is 5.05. The molecule has 0 aliphatic rings. The van der Waals surface area contributed by atoms with Gasteiger partial charge in [-0.25, -0.2) is 0 Å². The van der Waals surface area contributed by atoms with Crippen LogP contribution in [0.25, 0.3) is 0 Å². The first kappa shape index (κ1) is 13.2. The first-order valence-corrected chi connectivity index (χ1v) is 5.43. The lowest BCUT2D eigenvalue weighted by molar-refractivity contribution is 0.227. The lowest BCUT2D eigenvalue weighted by Gasteiger charge is -1.97. The number of aliphatic hydroxyl groups excluding tert-OH is 1. The second-order valence-corrected chi connectivity index (χ2v) is 3.40. The van der Waals surface area contributed by atoms with Crippen molar-refractivity contribution in [2.75, 3.05) is 0 Å². The van der Waals surface area contributed by atoms with Crippen LogP contribution in [-0.4, -0.2) is 11.2 Å². The lowest BCUT2D eigenvalue weighted by atomic mass is 10.2. The van der Waals surface area contributed by atoms with Crippen LogP contribution in [0.1, 0.15) is 39.0 Å². The quantitative estimate of drug-likeness (QED) is 0.355. The summed E-state index contributed by atoms with van der Waals surface area (Å²) in [6, 6.07) is 0. The van der Waals surface area contributed by atoms with Gasteiger partial charge in [0.05, 0.1) is 6.10 Å². The van der Waals surface area contributed by atoms with Gasteiger partial charge in [-0.1, -0.05) is 50.1 Å². The molecule has 0 aliphatic heterocycles. The summed E-state index contributed by atoms with van der Waals surface area (Å²) in [6.07, 6.45) is 14.8. The Morgan fingerprint density at radius 3 is 2.71 bits per heavy atom. The van der Waals surface area contributed by atoms with Crippen molar-refractivity contribution in [2.24, 2.45) is 0 Å². The van der Waals surface area contributed by atoms with Crippen molar-refractivity contribution in [2.45, 2.75) is 45.1 Å². The zero-order valence-corrected chi connectivity index (χ0v) is 9.15. The first-order chi connectivity index (χ1) is 6.81. The van der Waals surface area contributed by atoms with Crippen LogP contribution in [0, 0.1) is 0 Å². The van der Waals surface area contributed by atoms with Crippen LogP contribution in [0.5, 0.6) is 0 Å². The maximum atomic E-state index is 9.30. The summed E-state index contributed by atoms with van der Waals surface area (Å²) in [7, 11) is 0. The fourth-order valence-electron chi connectivity index (χ4n) is 1.13. The van der Waals surface area contributed by atoms with Crippen molar-refractivity contribution in [3.05, 3.63) is 37.0 Å². The van der Waals surface area contributed by atoms with E-state index in [1.807, 2.05) is 12.2 Å². The molecule has 0 unspecified atom stereocenters. The molecule has 0 aromatic rings. The number of hydrogen-bond donors (Lipinski definition) is 1. The van der Waals surface area contributed by atoms with E-state index < -0.39 is 0 Å². The number of unbranched alkanes of at least 4 members (excludes halogenated alkanes) is 3. The maximum Gasteiger partial charge on any atom is 0.0758 e. The van der Waals surface area contributed by atoms with E-state index >= 15 is 0 Å². The molecule has 0 aromatic heterocycles. The molecule has 0 spiro atoms. The Morgan fingerprint density at radius 2 is 2.07 bits per heavy atom. The van der Waals surface area contributed by atoms with E-state index in [9.17, 15) is 5.11 Å². The van der Waals surface area contributed by atoms with E-state index in [2.05, 4.69) is 19.6 Å². The van der Waals surface area contributed by atoms with Crippen molar-refractivity contribution in [1.82, 2.24) is 0 Å². The van der Waals surface area contributed by atoms with Crippen LogP contribution in [-0.2, 0) is 0 Å². The summed E-state index contributed by atoms with van der Waals surface area (Å²) in [5.74, 6) is 0. The molecule has 0 heterocycles. The van der Waals surface area contributed by atoms with Crippen LogP contribution < -0.4 is 0 Å². The SMILES string of the molecule is C=CC[C@H](O)/C=C\C=C\CCCCC. The van der Waals surface area contributed by atoms with Crippen molar-refractivity contribution in [3.8, 4) is 0 Å². The molecular weight excluding hydrogens is 172 g/mol. The van der Waals surface area contributed by atoms with Crippen LogP contribution >= 0.6 is 0 Å². The summed E-state index contributed by atoms with van der Waals surface area (Å²) < 4.78 is 0. The minimum atomic E-state index is -0.382. The minimum absolute atomic E-state index is 0.382. The normalized spacial score (nSPS) is 13.9. The van der Waals surface area contributed by atoms with Gasteiger partial charge in [-0.15, -0.1) is 6.58 Å². The highest BCUT2D eigenvalue weighted by Crippen LogP contribution is 2.00. The molecule has 14 heavy (non-hydrogen) atoms. The molecule has 0 aromatic carbocycles. The third kappa shape index (κ3) is 9.27. The zero-order chi connectivity index (χ0) is 10.6. The van der Waals surface area contributed by atoms with Gasteiger partial charge < -0.3 is 5.11 Å². The second kappa shape index (κ2) is 10.3. The number of hydrogen-bond acceptors (Lipinski definition) is 1. The lowest BCUT2D eigenvalue weighted by Crippen LogP contribution is -1.98. The third-order valence-electron chi connectivity index (χ3n) is 1.96. The summed E-state index contributed by atoms with van der Waals surface area (Å²) in [4.78, 5) is 0. The molecule has 1 atom stereocenters. The van der Waals surface area contributed by atoms with Crippen LogP contribution in [0.3, 0.4) is 0 Å². The molecule has 1 N–H and O–H groups in total. The summed E-state index contributed by atoms with van der Waals surface area (Å²) in [5.41, 5.74) is 0. The van der Waals surface area contributed by atoms with E-state index in [-0.39, 0.29) is 6.10 Å². The van der Waals surface area contributed by atoms with E-state index in [0.717, 1.165) is 6.42 Å². The molecule has 0 amide bonds. The minimum Gasteiger partial charge on any atom is -0.389 e. The molecule has 1 heteroatoms. The van der Waals surface area contributed by atoms with Gasteiger partial charge in [0.15, 0.2) is 0 Å². The molecule has 0 rings (SSSR count). The Morgan fingerprint density at radius 1 is 1.29 bits per heavy atom. The Balaban J connectivity index is 3.44. The van der Waals surface area contributed by atoms with Crippen LogP contribution in [0.15, 0.2) is 37.0 Å². The Kier molecular flexibility index (Phi) is 9.66. The van der Waals surface area contributed by atoms with Gasteiger partial charge in [0, 0.05) is 0 Å². The number of allylic oxidation sites excluding steroid dienone is 3. The van der Waals surface area contributed by atoms with E-state index in [1.54, 1.807) is 12.2 Å². The monoisotopic (exact) mass is 194 g/mol. The molecule has 0 saturated heterocycles. The summed E-state index contributed by atoms with van der Waals surface area (Å²) >= 11 is 0. The summed E-state index contributed by atoms with van der Waals surface area (Å²) in [5, 5.41) is 9.30. The zero-order valence-electron chi connectivity index (χ0n) is 9.15. The largest absolute Gasteiger partial charge is 0.389 e. The standard InChI is InChI=1S/C13H22O/c1-3-5-6-7-8-9-10-12-13(14)11-4-2/h4,8-10,12-14H,2-3,5-7,11H2,1H3/b9-8+,12-10-/t13-/m0/s1. The van der Waals surface area contributed by atoms with Crippen LogP contribution in [0.4, 0.5) is 0 Å². The van der Waals surface area contributed by atoms with Gasteiger partial charge in [0.1, 0.15) is 0 Å². The first-order valence-electron chi connectivity index (χ1n) is 5.43. The van der Waals surface area contributed by atoms with E-state index in [4.69, 9.17) is 0 Å². The van der Waals surface area contributed by atoms with E-state index in [1.165, 1.54) is 19.3 Å². The average Bonchev–Trinajstić information content (AvgIpc) is 2.17. The molecule has 0 aliphatic carbocycles. The second-order valence-electron chi connectivity index (χ2n) is 3.40. The maximum absolute atomic E-state index is 9.30. The van der Waals surface area contributed by atoms with Gasteiger partial charge in [0.25, 0.3) is 0 Å². The van der Waals surface area contributed by atoms with Crippen molar-refractivity contribution >= 4 is 0 Å². The summed E-state index contributed by atoms with van der Waals surface area (Å²) in [6.45, 7) is 5.77. The number of aliphatic hydroxyl groups is 1. The highest BCUT2D eigenvalue weighted by Gasteiger charge is 1.91. The number of rotatable bonds is 8. The Bertz CT molecular complexity index is 180. The molecule has 0 bridgehead atoms. The predicted octanol–water partition coefficient (Wildman–Crippen LogP) is 3.62. The van der Waals surface area contributed by atoms with Gasteiger partial charge in [-0.2, -0.15) is 0 Å². The Labute approximate surface area is 87.8 Å². The van der Waals surface area contributed by atoms with Gasteiger partial charge >= 0.3 is 0 Å². The predicted molar refractivity (Wildman–Crippen MR) is 63.2 cm³/mol. The van der Waals surface area contributed by atoms with Gasteiger partial charge in [0.2, 0.25) is 0 Å². The fraction of sp³-hybridized carbons (Fsp3) is 0.538. The smallest absolute Gasteiger partial charge is 0.0758 e. The molecule has 0 fully saturated rings. The van der Waals surface area contributed by atoms with Crippen molar-refractivity contribution in [1.29, 1.82) is 0 Å². The van der Waals surface area contributed by atoms with Crippen molar-refractivity contribution in [3.63, 3.8) is 0 Å². The molecule has 80 valence electrons. The molecule has 0 radical (unpaired) electrons. The molecular formula is C13H22O. The van der Waals surface area contributed by atoms with Crippen LogP contribution in [0.2, 0.25) is 0 Å². The average molecular weight is 194 g/mol. The highest BCUT2D eigenvalue weighted by atomic mass is 16.3.